The number of fused-ring (bicyclic) bond motifs is 1. The van der Waals surface area contributed by atoms with Gasteiger partial charge >= 0.3 is 5.97 Å². The first-order chi connectivity index (χ1) is 9.08. The molecule has 0 amide bonds. The molecular weight excluding hydrogens is 274 g/mol. The lowest BCUT2D eigenvalue weighted by molar-refractivity contribution is -0.141. The fraction of sp³-hybridized carbons (Fsp3) is 0.417. The molecular formula is C12H12ClNO5. The van der Waals surface area contributed by atoms with Gasteiger partial charge in [-0.3, -0.25) is 4.79 Å². The second-order valence-corrected chi connectivity index (χ2v) is 4.97. The number of phenols is 1. The zero-order valence-electron chi connectivity index (χ0n) is 9.85. The molecule has 19 heavy (non-hydrogen) atoms. The number of carboxylic acids is 1. The van der Waals surface area contributed by atoms with E-state index in [-0.39, 0.29) is 23.6 Å². The molecule has 1 fully saturated rings. The first-order valence-electron chi connectivity index (χ1n) is 5.85. The van der Waals surface area contributed by atoms with Crippen LogP contribution in [0.2, 0.25) is 5.02 Å². The van der Waals surface area contributed by atoms with Crippen LogP contribution in [0.5, 0.6) is 17.2 Å². The van der Waals surface area contributed by atoms with Crippen LogP contribution in [0.3, 0.4) is 0 Å². The minimum absolute atomic E-state index is 0.0633. The van der Waals surface area contributed by atoms with E-state index in [4.69, 9.17) is 26.2 Å². The fourth-order valence-electron chi connectivity index (χ4n) is 2.44. The SMILES string of the molecule is O=C(O)C1CNC(c2cc3c(c(Cl)c2O)OCO3)C1. The Morgan fingerprint density at radius 1 is 1.47 bits per heavy atom. The molecule has 102 valence electrons. The number of aliphatic carboxylic acids is 1. The molecule has 2 aliphatic heterocycles. The van der Waals surface area contributed by atoms with Crippen LogP contribution in [-0.2, 0) is 4.79 Å². The van der Waals surface area contributed by atoms with Crippen molar-refractivity contribution in [3.8, 4) is 17.2 Å². The van der Waals surface area contributed by atoms with Gasteiger partial charge in [-0.05, 0) is 12.5 Å². The third kappa shape index (κ3) is 1.97. The summed E-state index contributed by atoms with van der Waals surface area (Å²) in [5, 5.41) is 22.2. The van der Waals surface area contributed by atoms with Gasteiger partial charge in [0.15, 0.2) is 11.5 Å². The van der Waals surface area contributed by atoms with E-state index in [1.54, 1.807) is 6.07 Å². The smallest absolute Gasteiger partial charge is 0.307 e. The summed E-state index contributed by atoms with van der Waals surface area (Å²) in [5.74, 6) is -0.599. The van der Waals surface area contributed by atoms with E-state index in [1.165, 1.54) is 0 Å². The Bertz CT molecular complexity index is 547. The highest BCUT2D eigenvalue weighted by Gasteiger charge is 2.34. The number of benzene rings is 1. The van der Waals surface area contributed by atoms with E-state index >= 15 is 0 Å². The molecule has 7 heteroatoms. The average molecular weight is 286 g/mol. The van der Waals surface area contributed by atoms with Crippen LogP contribution in [-0.4, -0.2) is 29.5 Å². The Morgan fingerprint density at radius 3 is 2.95 bits per heavy atom. The summed E-state index contributed by atoms with van der Waals surface area (Å²) in [7, 11) is 0. The molecule has 3 rings (SSSR count). The molecule has 0 aromatic heterocycles. The molecule has 0 radical (unpaired) electrons. The van der Waals surface area contributed by atoms with Gasteiger partial charge in [0, 0.05) is 18.2 Å². The standard InChI is InChI=1S/C12H12ClNO5/c13-9-10(15)6(2-8-11(9)19-4-18-8)7-1-5(3-14-7)12(16)17/h2,5,7,14-15H,1,3-4H2,(H,16,17). The first kappa shape index (κ1) is 12.4. The van der Waals surface area contributed by atoms with E-state index in [2.05, 4.69) is 5.32 Å². The van der Waals surface area contributed by atoms with Crippen LogP contribution in [0.25, 0.3) is 0 Å². The fourth-order valence-corrected chi connectivity index (χ4v) is 2.69. The van der Waals surface area contributed by atoms with E-state index < -0.39 is 11.9 Å². The van der Waals surface area contributed by atoms with Gasteiger partial charge in [-0.25, -0.2) is 0 Å². The molecule has 2 heterocycles. The molecule has 6 nitrogen and oxygen atoms in total. The minimum atomic E-state index is -0.846. The van der Waals surface area contributed by atoms with Gasteiger partial charge in [-0.15, -0.1) is 0 Å². The molecule has 2 aliphatic rings. The second-order valence-electron chi connectivity index (χ2n) is 4.59. The lowest BCUT2D eigenvalue weighted by Crippen LogP contribution is -2.17. The van der Waals surface area contributed by atoms with Crippen molar-refractivity contribution in [1.82, 2.24) is 5.32 Å². The molecule has 2 unspecified atom stereocenters. The molecule has 3 N–H and O–H groups in total. The summed E-state index contributed by atoms with van der Waals surface area (Å²) in [6.45, 7) is 0.430. The normalized spacial score (nSPS) is 24.7. The second kappa shape index (κ2) is 4.47. The maximum absolute atomic E-state index is 10.9. The molecule has 0 aliphatic carbocycles. The quantitative estimate of drug-likeness (QED) is 0.763. The van der Waals surface area contributed by atoms with Crippen molar-refractivity contribution < 1.29 is 24.5 Å². The van der Waals surface area contributed by atoms with Gasteiger partial charge in [-0.2, -0.15) is 0 Å². The van der Waals surface area contributed by atoms with Gasteiger partial charge in [0.2, 0.25) is 6.79 Å². The van der Waals surface area contributed by atoms with Gasteiger partial charge in [0.1, 0.15) is 10.8 Å². The van der Waals surface area contributed by atoms with Crippen LogP contribution in [0, 0.1) is 5.92 Å². The Labute approximate surface area is 113 Å². The number of hydrogen-bond donors (Lipinski definition) is 3. The van der Waals surface area contributed by atoms with Crippen molar-refractivity contribution in [3.05, 3.63) is 16.7 Å². The van der Waals surface area contributed by atoms with Crippen molar-refractivity contribution in [2.24, 2.45) is 5.92 Å². The largest absolute Gasteiger partial charge is 0.506 e. The number of nitrogens with one attached hydrogen (secondary N) is 1. The van der Waals surface area contributed by atoms with Gasteiger partial charge in [0.25, 0.3) is 0 Å². The Hall–Kier alpha value is -1.66. The summed E-state index contributed by atoms with van der Waals surface area (Å²) < 4.78 is 10.4. The van der Waals surface area contributed by atoms with Crippen molar-refractivity contribution in [2.45, 2.75) is 12.5 Å². The zero-order chi connectivity index (χ0) is 13.6. The summed E-state index contributed by atoms with van der Waals surface area (Å²) in [4.78, 5) is 10.9. The lowest BCUT2D eigenvalue weighted by Gasteiger charge is -2.14. The molecule has 1 aromatic rings. The van der Waals surface area contributed by atoms with Gasteiger partial charge in [0.05, 0.1) is 5.92 Å². The molecule has 0 bridgehead atoms. The average Bonchev–Trinajstić information content (AvgIpc) is 3.01. The predicted octanol–water partition coefficient (Wildman–Crippen LogP) is 1.51. The first-order valence-corrected chi connectivity index (χ1v) is 6.23. The van der Waals surface area contributed by atoms with Crippen molar-refractivity contribution in [2.75, 3.05) is 13.3 Å². The highest BCUT2D eigenvalue weighted by atomic mass is 35.5. The van der Waals surface area contributed by atoms with Crippen molar-refractivity contribution >= 4 is 17.6 Å². The minimum Gasteiger partial charge on any atom is -0.506 e. The Morgan fingerprint density at radius 2 is 2.26 bits per heavy atom. The number of carboxylic acid groups (broad SMARTS) is 1. The maximum atomic E-state index is 10.9. The van der Waals surface area contributed by atoms with E-state index in [0.29, 0.717) is 30.0 Å². The number of halogens is 1. The maximum Gasteiger partial charge on any atom is 0.307 e. The van der Waals surface area contributed by atoms with Crippen molar-refractivity contribution in [1.29, 1.82) is 0 Å². The van der Waals surface area contributed by atoms with Crippen LogP contribution in [0.15, 0.2) is 6.07 Å². The number of phenolic OH excluding ortho intramolecular Hbond substituents is 1. The van der Waals surface area contributed by atoms with Gasteiger partial charge in [-0.1, -0.05) is 11.6 Å². The van der Waals surface area contributed by atoms with Gasteiger partial charge < -0.3 is 25.0 Å². The highest BCUT2D eigenvalue weighted by Crippen LogP contribution is 2.48. The molecule has 1 saturated heterocycles. The summed E-state index contributed by atoms with van der Waals surface area (Å²) in [6.07, 6.45) is 0.402. The van der Waals surface area contributed by atoms with Crippen LogP contribution < -0.4 is 14.8 Å². The Balaban J connectivity index is 1.94. The van der Waals surface area contributed by atoms with Crippen LogP contribution in [0.1, 0.15) is 18.0 Å². The molecule has 1 aromatic carbocycles. The third-order valence-corrected chi connectivity index (χ3v) is 3.81. The van der Waals surface area contributed by atoms with E-state index in [1.807, 2.05) is 0 Å². The molecule has 0 spiro atoms. The number of rotatable bonds is 2. The molecule has 2 atom stereocenters. The number of ether oxygens (including phenoxy) is 2. The third-order valence-electron chi connectivity index (χ3n) is 3.46. The summed E-state index contributed by atoms with van der Waals surface area (Å²) in [6, 6.07) is 1.39. The topological polar surface area (TPSA) is 88.0 Å². The predicted molar refractivity (Wildman–Crippen MR) is 65.7 cm³/mol. The summed E-state index contributed by atoms with van der Waals surface area (Å²) in [5.41, 5.74) is 0.540. The molecule has 0 saturated carbocycles. The lowest BCUT2D eigenvalue weighted by atomic mass is 9.99. The van der Waals surface area contributed by atoms with Crippen molar-refractivity contribution in [3.63, 3.8) is 0 Å². The monoisotopic (exact) mass is 285 g/mol. The summed E-state index contributed by atoms with van der Waals surface area (Å²) >= 11 is 6.02. The number of carbonyl (C=O) groups is 1. The number of aromatic hydroxyl groups is 1. The zero-order valence-corrected chi connectivity index (χ0v) is 10.6. The highest BCUT2D eigenvalue weighted by molar-refractivity contribution is 6.34. The van der Waals surface area contributed by atoms with Crippen LogP contribution in [0.4, 0.5) is 0 Å². The Kier molecular flexibility index (Phi) is 2.91. The van der Waals surface area contributed by atoms with E-state index in [0.717, 1.165) is 0 Å². The van der Waals surface area contributed by atoms with Crippen LogP contribution >= 0.6 is 11.6 Å². The van der Waals surface area contributed by atoms with E-state index in [9.17, 15) is 9.90 Å². The number of hydrogen-bond acceptors (Lipinski definition) is 5.